The number of hydrogen-bond acceptors (Lipinski definition) is 6. The Morgan fingerprint density at radius 3 is 2.82 bits per heavy atom. The quantitative estimate of drug-likeness (QED) is 0.547. The molecule has 150 valence electrons. The lowest BCUT2D eigenvalue weighted by molar-refractivity contribution is -0.123. The van der Waals surface area contributed by atoms with Gasteiger partial charge in [-0.2, -0.15) is 16.9 Å². The van der Waals surface area contributed by atoms with Crippen molar-refractivity contribution in [3.63, 3.8) is 0 Å². The Balaban J connectivity index is 1.98. The van der Waals surface area contributed by atoms with Crippen LogP contribution in [0, 0.1) is 0 Å². The van der Waals surface area contributed by atoms with Crippen LogP contribution < -0.4 is 10.7 Å². The predicted octanol–water partition coefficient (Wildman–Crippen LogP) is 3.33. The van der Waals surface area contributed by atoms with Gasteiger partial charge in [0.05, 0.1) is 11.7 Å². The van der Waals surface area contributed by atoms with Gasteiger partial charge in [-0.15, -0.1) is 0 Å². The standard InChI is InChI=1S/C20H26N4O3S/c1-20(2,3)27-19(26)23-17(9-11-28-4)18(25)24-22-13-14-7-8-16-15(12-14)6-5-10-21-16/h5-8,10,12-13,17H,9,11H2,1-4H3,(H,23,26)(H,24,25)/t17-/m0/s1. The number of nitrogens with one attached hydrogen (secondary N) is 2. The highest BCUT2D eigenvalue weighted by Gasteiger charge is 2.23. The first kappa shape index (κ1) is 21.7. The number of pyridine rings is 1. The van der Waals surface area contributed by atoms with Gasteiger partial charge >= 0.3 is 6.09 Å². The number of alkyl carbamates (subject to hydrolysis) is 1. The van der Waals surface area contributed by atoms with E-state index in [-0.39, 0.29) is 0 Å². The van der Waals surface area contributed by atoms with E-state index < -0.39 is 23.6 Å². The second kappa shape index (κ2) is 10.1. The van der Waals surface area contributed by atoms with E-state index in [4.69, 9.17) is 4.74 Å². The molecule has 28 heavy (non-hydrogen) atoms. The maximum absolute atomic E-state index is 12.4. The van der Waals surface area contributed by atoms with Crippen molar-refractivity contribution in [1.82, 2.24) is 15.7 Å². The zero-order valence-corrected chi connectivity index (χ0v) is 17.4. The normalized spacial score (nSPS) is 12.7. The Labute approximate surface area is 169 Å². The number of hydrogen-bond donors (Lipinski definition) is 2. The Hall–Kier alpha value is -2.61. The van der Waals surface area contributed by atoms with Crippen LogP contribution in [0.15, 0.2) is 41.6 Å². The van der Waals surface area contributed by atoms with Crippen LogP contribution in [0.1, 0.15) is 32.8 Å². The highest BCUT2D eigenvalue weighted by Crippen LogP contribution is 2.12. The van der Waals surface area contributed by atoms with Crippen LogP contribution in [0.4, 0.5) is 4.79 Å². The number of nitrogens with zero attached hydrogens (tertiary/aromatic N) is 2. The number of carbonyl (C=O) groups is 2. The molecule has 0 spiro atoms. The number of hydrazone groups is 1. The topological polar surface area (TPSA) is 92.7 Å². The minimum absolute atomic E-state index is 0.390. The Bertz CT molecular complexity index is 849. The van der Waals surface area contributed by atoms with Crippen LogP contribution in [0.5, 0.6) is 0 Å². The molecule has 2 N–H and O–H groups in total. The van der Waals surface area contributed by atoms with E-state index in [1.54, 1.807) is 44.9 Å². The van der Waals surface area contributed by atoms with Gasteiger partial charge in [0, 0.05) is 11.6 Å². The summed E-state index contributed by atoms with van der Waals surface area (Å²) in [6.07, 6.45) is 5.09. The van der Waals surface area contributed by atoms with Crippen LogP contribution >= 0.6 is 11.8 Å². The Morgan fingerprint density at radius 2 is 2.11 bits per heavy atom. The van der Waals surface area contributed by atoms with E-state index in [0.717, 1.165) is 22.2 Å². The number of amides is 2. The summed E-state index contributed by atoms with van der Waals surface area (Å²) in [7, 11) is 0. The highest BCUT2D eigenvalue weighted by molar-refractivity contribution is 7.98. The fraction of sp³-hybridized carbons (Fsp3) is 0.400. The van der Waals surface area contributed by atoms with Crippen molar-refractivity contribution in [2.45, 2.75) is 38.8 Å². The van der Waals surface area contributed by atoms with Crippen molar-refractivity contribution in [3.8, 4) is 0 Å². The third-order valence-corrected chi connectivity index (χ3v) is 4.28. The van der Waals surface area contributed by atoms with Crippen LogP contribution in [-0.2, 0) is 9.53 Å². The maximum atomic E-state index is 12.4. The first-order chi connectivity index (χ1) is 13.3. The lowest BCUT2D eigenvalue weighted by Crippen LogP contribution is -2.47. The second-order valence-electron chi connectivity index (χ2n) is 7.17. The molecular formula is C20H26N4O3S. The molecular weight excluding hydrogens is 376 g/mol. The van der Waals surface area contributed by atoms with Crippen LogP contribution in [0.3, 0.4) is 0 Å². The maximum Gasteiger partial charge on any atom is 0.408 e. The minimum atomic E-state index is -0.722. The van der Waals surface area contributed by atoms with Crippen LogP contribution in [-0.4, -0.2) is 46.9 Å². The van der Waals surface area contributed by atoms with Crippen molar-refractivity contribution in [2.24, 2.45) is 5.10 Å². The summed E-state index contributed by atoms with van der Waals surface area (Å²) in [4.78, 5) is 28.7. The predicted molar refractivity (Wildman–Crippen MR) is 114 cm³/mol. The zero-order valence-electron chi connectivity index (χ0n) is 16.6. The average Bonchev–Trinajstić information content (AvgIpc) is 2.63. The summed E-state index contributed by atoms with van der Waals surface area (Å²) < 4.78 is 5.23. The molecule has 7 nitrogen and oxygen atoms in total. The minimum Gasteiger partial charge on any atom is -0.444 e. The molecule has 0 bridgehead atoms. The van der Waals surface area contributed by atoms with Crippen molar-refractivity contribution >= 4 is 40.9 Å². The van der Waals surface area contributed by atoms with E-state index in [2.05, 4.69) is 20.8 Å². The van der Waals surface area contributed by atoms with Crippen molar-refractivity contribution in [1.29, 1.82) is 0 Å². The Kier molecular flexibility index (Phi) is 7.80. The summed E-state index contributed by atoms with van der Waals surface area (Å²) in [5, 5.41) is 7.62. The second-order valence-corrected chi connectivity index (χ2v) is 8.16. The SMILES string of the molecule is CSCC[C@H](NC(=O)OC(C)(C)C)C(=O)NN=Cc1ccc2ncccc2c1. The summed E-state index contributed by atoms with van der Waals surface area (Å²) in [5.74, 6) is 0.327. The number of rotatable bonds is 7. The summed E-state index contributed by atoms with van der Waals surface area (Å²) in [6.45, 7) is 5.31. The molecule has 2 amide bonds. The molecule has 1 atom stereocenters. The number of fused-ring (bicyclic) bond motifs is 1. The van der Waals surface area contributed by atoms with Gasteiger partial charge in [0.25, 0.3) is 5.91 Å². The van der Waals surface area contributed by atoms with E-state index in [0.29, 0.717) is 6.42 Å². The monoisotopic (exact) mass is 402 g/mol. The van der Waals surface area contributed by atoms with Gasteiger partial charge in [-0.1, -0.05) is 12.1 Å². The molecule has 1 heterocycles. The molecule has 2 aromatic rings. The summed E-state index contributed by atoms with van der Waals surface area (Å²) in [5.41, 5.74) is 3.59. The molecule has 0 radical (unpaired) electrons. The molecule has 0 aliphatic carbocycles. The fourth-order valence-corrected chi connectivity index (χ4v) is 2.85. The third kappa shape index (κ3) is 7.19. The molecule has 0 aliphatic heterocycles. The number of carbonyl (C=O) groups excluding carboxylic acids is 2. The van der Waals surface area contributed by atoms with Crippen LogP contribution in [0.25, 0.3) is 10.9 Å². The molecule has 1 aromatic heterocycles. The lowest BCUT2D eigenvalue weighted by Gasteiger charge is -2.22. The number of aromatic nitrogens is 1. The van der Waals surface area contributed by atoms with Crippen LogP contribution in [0.2, 0.25) is 0 Å². The zero-order chi connectivity index (χ0) is 20.6. The van der Waals surface area contributed by atoms with E-state index in [1.165, 1.54) is 0 Å². The number of ether oxygens (including phenoxy) is 1. The fourth-order valence-electron chi connectivity index (χ4n) is 2.38. The first-order valence-electron chi connectivity index (χ1n) is 8.94. The van der Waals surface area contributed by atoms with Gasteiger partial charge in [0.15, 0.2) is 0 Å². The van der Waals surface area contributed by atoms with Gasteiger partial charge in [0.2, 0.25) is 0 Å². The molecule has 8 heteroatoms. The van der Waals surface area contributed by atoms with Crippen molar-refractivity contribution in [3.05, 3.63) is 42.1 Å². The van der Waals surface area contributed by atoms with Gasteiger partial charge in [-0.25, -0.2) is 10.2 Å². The highest BCUT2D eigenvalue weighted by atomic mass is 32.2. The molecule has 1 aromatic carbocycles. The summed E-state index contributed by atoms with van der Waals surface area (Å²) >= 11 is 1.59. The largest absolute Gasteiger partial charge is 0.444 e. The molecule has 0 fully saturated rings. The molecule has 2 rings (SSSR count). The number of thioether (sulfide) groups is 1. The third-order valence-electron chi connectivity index (χ3n) is 3.63. The van der Waals surface area contributed by atoms with Gasteiger partial charge in [0.1, 0.15) is 11.6 Å². The van der Waals surface area contributed by atoms with Gasteiger partial charge in [-0.3, -0.25) is 9.78 Å². The van der Waals surface area contributed by atoms with Gasteiger partial charge < -0.3 is 10.1 Å². The smallest absolute Gasteiger partial charge is 0.408 e. The summed E-state index contributed by atoms with van der Waals surface area (Å²) in [6, 6.07) is 8.80. The molecule has 0 saturated heterocycles. The molecule has 0 unspecified atom stereocenters. The van der Waals surface area contributed by atoms with Crippen molar-refractivity contribution in [2.75, 3.05) is 12.0 Å². The average molecular weight is 403 g/mol. The molecule has 0 aliphatic rings. The van der Waals surface area contributed by atoms with Gasteiger partial charge in [-0.05, 0) is 63.0 Å². The van der Waals surface area contributed by atoms with E-state index >= 15 is 0 Å². The lowest BCUT2D eigenvalue weighted by atomic mass is 10.1. The van der Waals surface area contributed by atoms with E-state index in [1.807, 2.05) is 36.6 Å². The Morgan fingerprint density at radius 1 is 1.32 bits per heavy atom. The molecule has 0 saturated carbocycles. The first-order valence-corrected chi connectivity index (χ1v) is 10.3. The van der Waals surface area contributed by atoms with Crippen molar-refractivity contribution < 1.29 is 14.3 Å². The van der Waals surface area contributed by atoms with E-state index in [9.17, 15) is 9.59 Å². The number of benzene rings is 1.